The monoisotopic (exact) mass is 329 g/mol. The Bertz CT molecular complexity index is 698. The molecular formula is C16H23N7O. The van der Waals surface area contributed by atoms with Gasteiger partial charge in [-0.1, -0.05) is 0 Å². The van der Waals surface area contributed by atoms with E-state index < -0.39 is 0 Å². The highest BCUT2D eigenvalue weighted by atomic mass is 16.2. The summed E-state index contributed by atoms with van der Waals surface area (Å²) in [6.07, 6.45) is 2.90. The molecule has 8 heteroatoms. The number of likely N-dealkylation sites (tertiary alicyclic amines) is 1. The van der Waals surface area contributed by atoms with Crippen molar-refractivity contribution in [2.75, 3.05) is 32.1 Å². The predicted octanol–water partition coefficient (Wildman–Crippen LogP) is 0.849. The Balaban J connectivity index is 1.61. The van der Waals surface area contributed by atoms with Crippen LogP contribution in [-0.4, -0.2) is 63.2 Å². The Morgan fingerprint density at radius 2 is 2.21 bits per heavy atom. The van der Waals surface area contributed by atoms with Crippen molar-refractivity contribution in [3.8, 4) is 0 Å². The highest BCUT2D eigenvalue weighted by molar-refractivity contribution is 5.76. The first-order valence-electron chi connectivity index (χ1n) is 8.17. The van der Waals surface area contributed by atoms with Crippen molar-refractivity contribution in [2.24, 2.45) is 0 Å². The molecule has 128 valence electrons. The topological polar surface area (TPSA) is 80.0 Å². The molecule has 24 heavy (non-hydrogen) atoms. The van der Waals surface area contributed by atoms with Crippen LogP contribution in [0.5, 0.6) is 0 Å². The van der Waals surface area contributed by atoms with Crippen LogP contribution in [-0.2, 0) is 11.3 Å². The molecule has 3 heterocycles. The Morgan fingerprint density at radius 3 is 2.92 bits per heavy atom. The van der Waals surface area contributed by atoms with Gasteiger partial charge in [-0.2, -0.15) is 0 Å². The largest absolute Gasteiger partial charge is 0.378 e. The fraction of sp³-hybridized carbons (Fsp3) is 0.562. The summed E-state index contributed by atoms with van der Waals surface area (Å²) in [4.78, 5) is 21.1. The summed E-state index contributed by atoms with van der Waals surface area (Å²) in [7, 11) is 4.06. The number of carbonyl (C=O) groups is 1. The summed E-state index contributed by atoms with van der Waals surface area (Å²) in [6, 6.07) is 4.21. The molecule has 0 spiro atoms. The van der Waals surface area contributed by atoms with Crippen molar-refractivity contribution in [1.29, 1.82) is 0 Å². The van der Waals surface area contributed by atoms with E-state index in [4.69, 9.17) is 0 Å². The van der Waals surface area contributed by atoms with Crippen molar-refractivity contribution < 1.29 is 4.79 Å². The molecule has 0 aromatic carbocycles. The summed E-state index contributed by atoms with van der Waals surface area (Å²) in [5.74, 6) is 0.453. The maximum absolute atomic E-state index is 12.4. The molecule has 0 radical (unpaired) electrons. The van der Waals surface area contributed by atoms with Crippen molar-refractivity contribution in [2.45, 2.75) is 32.2 Å². The fourth-order valence-corrected chi connectivity index (χ4v) is 3.02. The lowest BCUT2D eigenvalue weighted by Crippen LogP contribution is -2.29. The van der Waals surface area contributed by atoms with E-state index in [2.05, 4.69) is 37.5 Å². The van der Waals surface area contributed by atoms with Gasteiger partial charge in [-0.05, 0) is 35.9 Å². The van der Waals surface area contributed by atoms with Gasteiger partial charge in [0.1, 0.15) is 6.33 Å². The number of anilines is 1. The molecule has 0 N–H and O–H groups in total. The number of hydrogen-bond acceptors (Lipinski definition) is 6. The Hall–Kier alpha value is -2.51. The third-order valence-electron chi connectivity index (χ3n) is 4.38. The van der Waals surface area contributed by atoms with Gasteiger partial charge in [-0.3, -0.25) is 9.78 Å². The Kier molecular flexibility index (Phi) is 4.73. The molecule has 0 aliphatic carbocycles. The molecule has 1 atom stereocenters. The van der Waals surface area contributed by atoms with Gasteiger partial charge in [-0.25, -0.2) is 4.68 Å². The van der Waals surface area contributed by atoms with Crippen LogP contribution >= 0.6 is 0 Å². The molecule has 1 aliphatic rings. The predicted molar refractivity (Wildman–Crippen MR) is 89.7 cm³/mol. The van der Waals surface area contributed by atoms with Crippen LogP contribution in [0.25, 0.3) is 0 Å². The first-order valence-corrected chi connectivity index (χ1v) is 8.17. The molecular weight excluding hydrogens is 306 g/mol. The van der Waals surface area contributed by atoms with E-state index in [1.807, 2.05) is 25.9 Å². The zero-order chi connectivity index (χ0) is 17.1. The Labute approximate surface area is 141 Å². The van der Waals surface area contributed by atoms with Crippen LogP contribution in [0.2, 0.25) is 0 Å². The van der Waals surface area contributed by atoms with Crippen molar-refractivity contribution >= 4 is 11.6 Å². The smallest absolute Gasteiger partial charge is 0.224 e. The summed E-state index contributed by atoms with van der Waals surface area (Å²) in [5.41, 5.74) is 3.25. The van der Waals surface area contributed by atoms with Crippen LogP contribution in [0.1, 0.15) is 30.1 Å². The van der Waals surface area contributed by atoms with Gasteiger partial charge >= 0.3 is 0 Å². The van der Waals surface area contributed by atoms with Crippen LogP contribution in [0.15, 0.2) is 18.5 Å². The minimum absolute atomic E-state index is 0.147. The number of tetrazole rings is 1. The minimum Gasteiger partial charge on any atom is -0.378 e. The molecule has 1 fully saturated rings. The molecule has 1 aliphatic heterocycles. The second kappa shape index (κ2) is 6.94. The first-order chi connectivity index (χ1) is 11.5. The lowest BCUT2D eigenvalue weighted by Gasteiger charge is -2.18. The van der Waals surface area contributed by atoms with Gasteiger partial charge in [0.05, 0.1) is 6.54 Å². The van der Waals surface area contributed by atoms with Crippen LogP contribution in [0, 0.1) is 6.92 Å². The maximum Gasteiger partial charge on any atom is 0.224 e. The van der Waals surface area contributed by atoms with Crippen LogP contribution in [0.3, 0.4) is 0 Å². The van der Waals surface area contributed by atoms with Crippen LogP contribution < -0.4 is 4.90 Å². The summed E-state index contributed by atoms with van der Waals surface area (Å²) in [5, 5.41) is 10.9. The standard InChI is InChI=1S/C16H23N7O/c1-12-8-14(21(2)3)9-15(18-12)13-4-6-22(10-13)16(24)5-7-23-11-17-19-20-23/h8-9,11,13H,4-7,10H2,1-3H3/t13-/m1/s1. The van der Waals surface area contributed by atoms with Gasteiger partial charge in [0.25, 0.3) is 0 Å². The molecule has 3 rings (SSSR count). The third kappa shape index (κ3) is 3.69. The highest BCUT2D eigenvalue weighted by Crippen LogP contribution is 2.29. The zero-order valence-corrected chi connectivity index (χ0v) is 14.4. The molecule has 8 nitrogen and oxygen atoms in total. The van der Waals surface area contributed by atoms with E-state index in [0.717, 1.165) is 36.6 Å². The highest BCUT2D eigenvalue weighted by Gasteiger charge is 2.28. The zero-order valence-electron chi connectivity index (χ0n) is 14.4. The van der Waals surface area contributed by atoms with Crippen LogP contribution in [0.4, 0.5) is 5.69 Å². The Morgan fingerprint density at radius 1 is 1.38 bits per heavy atom. The number of carbonyl (C=O) groups excluding carboxylic acids is 1. The maximum atomic E-state index is 12.4. The molecule has 1 saturated heterocycles. The summed E-state index contributed by atoms with van der Waals surface area (Å²) >= 11 is 0. The fourth-order valence-electron chi connectivity index (χ4n) is 3.02. The third-order valence-corrected chi connectivity index (χ3v) is 4.38. The SMILES string of the molecule is Cc1cc(N(C)C)cc([C@@H]2CCN(C(=O)CCn3cnnn3)C2)n1. The second-order valence-electron chi connectivity index (χ2n) is 6.43. The van der Waals surface area contributed by atoms with E-state index in [1.165, 1.54) is 6.33 Å². The molecule has 0 saturated carbocycles. The van der Waals surface area contributed by atoms with Gasteiger partial charge < -0.3 is 9.80 Å². The van der Waals surface area contributed by atoms with Gasteiger partial charge in [0, 0.05) is 56.6 Å². The second-order valence-corrected chi connectivity index (χ2v) is 6.43. The number of amides is 1. The number of pyridine rings is 1. The number of hydrogen-bond donors (Lipinski definition) is 0. The van der Waals surface area contributed by atoms with E-state index in [0.29, 0.717) is 18.9 Å². The average Bonchev–Trinajstić information content (AvgIpc) is 3.23. The van der Waals surface area contributed by atoms with Crippen molar-refractivity contribution in [3.63, 3.8) is 0 Å². The quantitative estimate of drug-likeness (QED) is 0.809. The van der Waals surface area contributed by atoms with E-state index >= 15 is 0 Å². The van der Waals surface area contributed by atoms with Gasteiger partial charge in [0.2, 0.25) is 5.91 Å². The lowest BCUT2D eigenvalue weighted by molar-refractivity contribution is -0.130. The van der Waals surface area contributed by atoms with Crippen molar-refractivity contribution in [3.05, 3.63) is 29.8 Å². The molecule has 2 aromatic heterocycles. The molecule has 2 aromatic rings. The molecule has 1 amide bonds. The number of aryl methyl sites for hydroxylation is 2. The van der Waals surface area contributed by atoms with E-state index in [9.17, 15) is 4.79 Å². The molecule has 0 bridgehead atoms. The lowest BCUT2D eigenvalue weighted by atomic mass is 10.0. The average molecular weight is 329 g/mol. The minimum atomic E-state index is 0.147. The number of rotatable bonds is 5. The first kappa shape index (κ1) is 16.4. The molecule has 0 unspecified atom stereocenters. The van der Waals surface area contributed by atoms with Gasteiger partial charge in [0.15, 0.2) is 0 Å². The normalized spacial score (nSPS) is 17.3. The summed E-state index contributed by atoms with van der Waals surface area (Å²) < 4.78 is 1.58. The van der Waals surface area contributed by atoms with Gasteiger partial charge in [-0.15, -0.1) is 5.10 Å². The van der Waals surface area contributed by atoms with E-state index in [1.54, 1.807) is 4.68 Å². The summed E-state index contributed by atoms with van der Waals surface area (Å²) in [6.45, 7) is 4.05. The van der Waals surface area contributed by atoms with Crippen molar-refractivity contribution in [1.82, 2.24) is 30.1 Å². The number of aromatic nitrogens is 5. The van der Waals surface area contributed by atoms with E-state index in [-0.39, 0.29) is 5.91 Å². The number of nitrogens with zero attached hydrogens (tertiary/aromatic N) is 7.